The minimum absolute atomic E-state index is 0.0463. The van der Waals surface area contributed by atoms with Crippen LogP contribution in [-0.2, 0) is 20.5 Å². The van der Waals surface area contributed by atoms with Crippen LogP contribution in [0.2, 0.25) is 0 Å². The lowest BCUT2D eigenvalue weighted by atomic mass is 10.1. The van der Waals surface area contributed by atoms with Crippen LogP contribution in [0.25, 0.3) is 11.0 Å². The van der Waals surface area contributed by atoms with Crippen molar-refractivity contribution < 1.29 is 4.79 Å². The van der Waals surface area contributed by atoms with E-state index in [2.05, 4.69) is 15.6 Å². The quantitative estimate of drug-likeness (QED) is 0.708. The van der Waals surface area contributed by atoms with E-state index >= 15 is 0 Å². The minimum Gasteiger partial charge on any atom is -0.376 e. The van der Waals surface area contributed by atoms with E-state index in [0.29, 0.717) is 12.1 Å². The Morgan fingerprint density at radius 2 is 1.75 bits per heavy atom. The van der Waals surface area contributed by atoms with E-state index in [1.165, 1.54) is 0 Å². The predicted molar refractivity (Wildman–Crippen MR) is 112 cm³/mol. The fourth-order valence-electron chi connectivity index (χ4n) is 3.31. The van der Waals surface area contributed by atoms with Gasteiger partial charge in [0.05, 0.1) is 22.4 Å². The molecule has 0 bridgehead atoms. The molecule has 1 aromatic carbocycles. The number of aromatic nitrogens is 3. The number of carbonyl (C=O) groups excluding carboxylic acids is 1. The normalized spacial score (nSPS) is 12.0. The van der Waals surface area contributed by atoms with E-state index in [1.54, 1.807) is 35.6 Å². The Morgan fingerprint density at radius 1 is 1.14 bits per heavy atom. The number of pyridine rings is 1. The summed E-state index contributed by atoms with van der Waals surface area (Å²) in [5, 5.41) is 5.89. The monoisotopic (exact) mass is 382 g/mol. The van der Waals surface area contributed by atoms with Crippen molar-refractivity contribution in [3.8, 4) is 0 Å². The van der Waals surface area contributed by atoms with Crippen molar-refractivity contribution in [2.24, 2.45) is 14.1 Å². The third-order valence-electron chi connectivity index (χ3n) is 4.79. The number of amides is 2. The molecule has 0 fully saturated rings. The summed E-state index contributed by atoms with van der Waals surface area (Å²) in [5.41, 5.74) is 4.05. The average molecular weight is 382 g/mol. The number of urea groups is 1. The maximum absolute atomic E-state index is 12.6. The van der Waals surface area contributed by atoms with Gasteiger partial charge in [0.25, 0.3) is 0 Å². The molecule has 8 heteroatoms. The second kappa shape index (κ2) is 7.75. The van der Waals surface area contributed by atoms with E-state index in [1.807, 2.05) is 50.2 Å². The molecule has 0 radical (unpaired) electrons. The van der Waals surface area contributed by atoms with E-state index in [0.717, 1.165) is 22.3 Å². The summed E-state index contributed by atoms with van der Waals surface area (Å²) in [7, 11) is 7.26. The van der Waals surface area contributed by atoms with E-state index in [-0.39, 0.29) is 17.8 Å². The number of imidazole rings is 1. The van der Waals surface area contributed by atoms with Crippen LogP contribution < -0.4 is 21.2 Å². The molecule has 2 heterocycles. The van der Waals surface area contributed by atoms with Gasteiger partial charge in [0.2, 0.25) is 0 Å². The molecule has 0 unspecified atom stereocenters. The molecule has 0 saturated carbocycles. The van der Waals surface area contributed by atoms with Gasteiger partial charge < -0.3 is 15.5 Å². The molecule has 3 rings (SSSR count). The lowest BCUT2D eigenvalue weighted by Gasteiger charge is -2.20. The molecular weight excluding hydrogens is 356 g/mol. The Morgan fingerprint density at radius 3 is 2.36 bits per heavy atom. The van der Waals surface area contributed by atoms with Crippen molar-refractivity contribution in [2.75, 3.05) is 24.3 Å². The molecule has 2 N–H and O–H groups in total. The van der Waals surface area contributed by atoms with E-state index < -0.39 is 0 Å². The SMILES string of the molecule is C[C@H](Cc1ccncc1)NC(=O)Nc1cc2c(cc1N(C)C)n(C)c(=O)n2C. The number of anilines is 2. The van der Waals surface area contributed by atoms with E-state index in [9.17, 15) is 9.59 Å². The second-order valence-corrected chi connectivity index (χ2v) is 7.21. The lowest BCUT2D eigenvalue weighted by Crippen LogP contribution is -2.37. The molecule has 0 spiro atoms. The molecule has 0 saturated heterocycles. The van der Waals surface area contributed by atoms with Gasteiger partial charge in [-0.3, -0.25) is 14.1 Å². The van der Waals surface area contributed by atoms with Crippen LogP contribution in [-0.4, -0.2) is 40.3 Å². The highest BCUT2D eigenvalue weighted by Gasteiger charge is 2.16. The summed E-state index contributed by atoms with van der Waals surface area (Å²) in [5.74, 6) is 0. The number of aryl methyl sites for hydroxylation is 2. The molecule has 28 heavy (non-hydrogen) atoms. The van der Waals surface area contributed by atoms with Gasteiger partial charge in [0, 0.05) is 46.6 Å². The zero-order chi connectivity index (χ0) is 20.4. The number of hydrogen-bond donors (Lipinski definition) is 2. The topological polar surface area (TPSA) is 84.2 Å². The van der Waals surface area contributed by atoms with Crippen LogP contribution in [0.1, 0.15) is 12.5 Å². The maximum Gasteiger partial charge on any atom is 0.328 e. The van der Waals surface area contributed by atoms with Crippen LogP contribution in [0.15, 0.2) is 41.5 Å². The molecule has 1 atom stereocenters. The average Bonchev–Trinajstić information content (AvgIpc) is 2.85. The zero-order valence-corrected chi connectivity index (χ0v) is 16.9. The fourth-order valence-corrected chi connectivity index (χ4v) is 3.31. The van der Waals surface area contributed by atoms with Gasteiger partial charge in [-0.05, 0) is 43.2 Å². The van der Waals surface area contributed by atoms with Crippen molar-refractivity contribution in [1.29, 1.82) is 0 Å². The third-order valence-corrected chi connectivity index (χ3v) is 4.79. The van der Waals surface area contributed by atoms with Crippen molar-refractivity contribution in [2.45, 2.75) is 19.4 Å². The molecule has 0 aliphatic heterocycles. The maximum atomic E-state index is 12.6. The Kier molecular flexibility index (Phi) is 5.39. The second-order valence-electron chi connectivity index (χ2n) is 7.21. The van der Waals surface area contributed by atoms with Crippen LogP contribution in [0.4, 0.5) is 16.2 Å². The standard InChI is InChI=1S/C20H26N6O2/c1-13(10-14-6-8-21-9-7-14)22-19(27)23-15-11-17-18(12-16(15)24(2)3)26(5)20(28)25(17)4/h6-9,11-13H,10H2,1-5H3,(H2,22,23,27)/t13-/m1/s1. The lowest BCUT2D eigenvalue weighted by molar-refractivity contribution is 0.249. The Bertz CT molecular complexity index is 1050. The number of hydrogen-bond acceptors (Lipinski definition) is 4. The summed E-state index contributed by atoms with van der Waals surface area (Å²) in [6.45, 7) is 1.96. The Balaban J connectivity index is 1.82. The van der Waals surface area contributed by atoms with Gasteiger partial charge in [0.1, 0.15) is 0 Å². The largest absolute Gasteiger partial charge is 0.376 e. The van der Waals surface area contributed by atoms with Gasteiger partial charge in [-0.1, -0.05) is 0 Å². The molecule has 2 aromatic heterocycles. The smallest absolute Gasteiger partial charge is 0.328 e. The van der Waals surface area contributed by atoms with Crippen molar-refractivity contribution in [3.63, 3.8) is 0 Å². The van der Waals surface area contributed by atoms with E-state index in [4.69, 9.17) is 0 Å². The summed E-state index contributed by atoms with van der Waals surface area (Å²) in [4.78, 5) is 30.7. The first kappa shape index (κ1) is 19.5. The highest BCUT2D eigenvalue weighted by molar-refractivity contribution is 5.97. The highest BCUT2D eigenvalue weighted by Crippen LogP contribution is 2.29. The molecular formula is C20H26N6O2. The van der Waals surface area contributed by atoms with Gasteiger partial charge in [-0.15, -0.1) is 0 Å². The van der Waals surface area contributed by atoms with Gasteiger partial charge in [-0.2, -0.15) is 0 Å². The number of rotatable bonds is 5. The van der Waals surface area contributed by atoms with Crippen LogP contribution in [0.5, 0.6) is 0 Å². The first-order valence-electron chi connectivity index (χ1n) is 9.11. The van der Waals surface area contributed by atoms with Gasteiger partial charge >= 0.3 is 11.7 Å². The summed E-state index contributed by atoms with van der Waals surface area (Å²) < 4.78 is 3.17. The van der Waals surface area contributed by atoms with Crippen molar-refractivity contribution >= 4 is 28.4 Å². The van der Waals surface area contributed by atoms with Crippen molar-refractivity contribution in [3.05, 3.63) is 52.7 Å². The number of carbonyl (C=O) groups is 1. The predicted octanol–water partition coefficient (Wildman–Crippen LogP) is 2.09. The fraction of sp³-hybridized carbons (Fsp3) is 0.350. The summed E-state index contributed by atoms with van der Waals surface area (Å²) in [6.07, 6.45) is 4.19. The number of nitrogens with one attached hydrogen (secondary N) is 2. The van der Waals surface area contributed by atoms with Crippen LogP contribution in [0.3, 0.4) is 0 Å². The third kappa shape index (κ3) is 3.85. The molecule has 0 aliphatic rings. The molecule has 8 nitrogen and oxygen atoms in total. The molecule has 3 aromatic rings. The Labute approximate surface area is 163 Å². The molecule has 0 aliphatic carbocycles. The van der Waals surface area contributed by atoms with Crippen LogP contribution >= 0.6 is 0 Å². The highest BCUT2D eigenvalue weighted by atomic mass is 16.2. The molecule has 148 valence electrons. The minimum atomic E-state index is -0.287. The van der Waals surface area contributed by atoms with Crippen molar-refractivity contribution in [1.82, 2.24) is 19.4 Å². The first-order valence-corrected chi connectivity index (χ1v) is 9.11. The number of benzene rings is 1. The van der Waals surface area contributed by atoms with Gasteiger partial charge in [-0.25, -0.2) is 9.59 Å². The zero-order valence-electron chi connectivity index (χ0n) is 16.9. The van der Waals surface area contributed by atoms with Gasteiger partial charge in [0.15, 0.2) is 0 Å². The molecule has 2 amide bonds. The summed E-state index contributed by atoms with van der Waals surface area (Å²) in [6, 6.07) is 7.28. The van der Waals surface area contributed by atoms with Crippen LogP contribution in [0, 0.1) is 0 Å². The number of nitrogens with zero attached hydrogens (tertiary/aromatic N) is 4. The Hall–Kier alpha value is -3.29. The first-order chi connectivity index (χ1) is 13.3. The summed E-state index contributed by atoms with van der Waals surface area (Å²) >= 11 is 0. The number of fused-ring (bicyclic) bond motifs is 1.